The lowest BCUT2D eigenvalue weighted by Crippen LogP contribution is -2.34. The van der Waals surface area contributed by atoms with Gasteiger partial charge in [0.25, 0.3) is 0 Å². The SMILES string of the molecule is CC(C)C(C)N(C)c1nc(NN)ncc1Br. The highest BCUT2D eigenvalue weighted by Crippen LogP contribution is 2.26. The summed E-state index contributed by atoms with van der Waals surface area (Å²) < 4.78 is 0.863. The summed E-state index contributed by atoms with van der Waals surface area (Å²) in [6.07, 6.45) is 1.70. The van der Waals surface area contributed by atoms with Crippen molar-refractivity contribution in [2.75, 3.05) is 17.4 Å². The summed E-state index contributed by atoms with van der Waals surface area (Å²) in [6, 6.07) is 0.386. The molecule has 0 saturated carbocycles. The third kappa shape index (κ3) is 2.82. The van der Waals surface area contributed by atoms with E-state index in [-0.39, 0.29) is 0 Å². The Morgan fingerprint density at radius 3 is 2.56 bits per heavy atom. The highest BCUT2D eigenvalue weighted by Gasteiger charge is 2.17. The summed E-state index contributed by atoms with van der Waals surface area (Å²) in [6.45, 7) is 6.52. The smallest absolute Gasteiger partial charge is 0.239 e. The van der Waals surface area contributed by atoms with Gasteiger partial charge in [0.1, 0.15) is 5.82 Å². The number of halogens is 1. The van der Waals surface area contributed by atoms with Gasteiger partial charge >= 0.3 is 0 Å². The van der Waals surface area contributed by atoms with Gasteiger partial charge in [0.05, 0.1) is 4.47 Å². The number of hydrogen-bond acceptors (Lipinski definition) is 5. The zero-order chi connectivity index (χ0) is 12.3. The van der Waals surface area contributed by atoms with Crippen molar-refractivity contribution in [3.8, 4) is 0 Å². The molecule has 3 N–H and O–H groups in total. The number of nitrogens with two attached hydrogens (primary N) is 1. The van der Waals surface area contributed by atoms with Crippen molar-refractivity contribution in [2.45, 2.75) is 26.8 Å². The van der Waals surface area contributed by atoms with Gasteiger partial charge in [0, 0.05) is 19.3 Å². The number of aromatic nitrogens is 2. The van der Waals surface area contributed by atoms with Gasteiger partial charge < -0.3 is 4.90 Å². The maximum Gasteiger partial charge on any atom is 0.239 e. The van der Waals surface area contributed by atoms with Crippen molar-refractivity contribution >= 4 is 27.7 Å². The first-order valence-electron chi connectivity index (χ1n) is 5.19. The fourth-order valence-corrected chi connectivity index (χ4v) is 1.79. The van der Waals surface area contributed by atoms with E-state index in [1.54, 1.807) is 6.20 Å². The molecule has 1 atom stereocenters. The van der Waals surface area contributed by atoms with Crippen LogP contribution in [0.3, 0.4) is 0 Å². The molecule has 0 aliphatic rings. The van der Waals surface area contributed by atoms with Crippen molar-refractivity contribution in [1.29, 1.82) is 0 Å². The Kier molecular flexibility index (Phi) is 4.49. The third-order valence-corrected chi connectivity index (χ3v) is 3.32. The Morgan fingerprint density at radius 2 is 2.06 bits per heavy atom. The molecule has 0 bridgehead atoms. The monoisotopic (exact) mass is 287 g/mol. The van der Waals surface area contributed by atoms with Gasteiger partial charge in [-0.15, -0.1) is 0 Å². The van der Waals surface area contributed by atoms with Crippen LogP contribution in [0.1, 0.15) is 20.8 Å². The van der Waals surface area contributed by atoms with E-state index in [2.05, 4.69) is 57.0 Å². The van der Waals surface area contributed by atoms with Crippen molar-refractivity contribution in [3.63, 3.8) is 0 Å². The fraction of sp³-hybridized carbons (Fsp3) is 0.600. The van der Waals surface area contributed by atoms with Crippen LogP contribution < -0.4 is 16.2 Å². The van der Waals surface area contributed by atoms with Gasteiger partial charge in [-0.3, -0.25) is 5.43 Å². The summed E-state index contributed by atoms with van der Waals surface area (Å²) in [5.41, 5.74) is 2.45. The number of nitrogen functional groups attached to an aromatic ring is 1. The Balaban J connectivity index is 3.02. The Hall–Kier alpha value is -0.880. The molecule has 5 nitrogen and oxygen atoms in total. The highest BCUT2D eigenvalue weighted by molar-refractivity contribution is 9.10. The molecule has 90 valence electrons. The Morgan fingerprint density at radius 1 is 1.44 bits per heavy atom. The minimum Gasteiger partial charge on any atom is -0.356 e. The normalized spacial score (nSPS) is 12.7. The minimum atomic E-state index is 0.386. The maximum absolute atomic E-state index is 5.30. The molecule has 1 heterocycles. The van der Waals surface area contributed by atoms with Crippen LogP contribution in [0.4, 0.5) is 11.8 Å². The maximum atomic E-state index is 5.30. The molecule has 0 radical (unpaired) electrons. The zero-order valence-corrected chi connectivity index (χ0v) is 11.6. The van der Waals surface area contributed by atoms with Crippen LogP contribution in [0, 0.1) is 5.92 Å². The van der Waals surface area contributed by atoms with E-state index in [1.807, 2.05) is 7.05 Å². The van der Waals surface area contributed by atoms with E-state index in [0.717, 1.165) is 10.3 Å². The van der Waals surface area contributed by atoms with Crippen molar-refractivity contribution in [2.24, 2.45) is 11.8 Å². The lowest BCUT2D eigenvalue weighted by molar-refractivity contribution is 0.502. The van der Waals surface area contributed by atoms with Gasteiger partial charge in [-0.05, 0) is 28.8 Å². The van der Waals surface area contributed by atoms with Crippen LogP contribution in [0.5, 0.6) is 0 Å². The molecule has 0 aromatic carbocycles. The first-order valence-corrected chi connectivity index (χ1v) is 5.98. The molecule has 1 rings (SSSR count). The summed E-state index contributed by atoms with van der Waals surface area (Å²) >= 11 is 3.44. The standard InChI is InChI=1S/C10H18BrN5/c1-6(2)7(3)16(4)9-8(11)5-13-10(14-9)15-12/h5-7H,12H2,1-4H3,(H,13,14,15). The minimum absolute atomic E-state index is 0.386. The number of nitrogens with one attached hydrogen (secondary N) is 1. The molecule has 1 unspecified atom stereocenters. The van der Waals surface area contributed by atoms with Gasteiger partial charge in [-0.1, -0.05) is 13.8 Å². The number of rotatable bonds is 4. The second-order valence-corrected chi connectivity index (χ2v) is 4.96. The van der Waals surface area contributed by atoms with Gasteiger partial charge in [-0.25, -0.2) is 10.8 Å². The summed E-state index contributed by atoms with van der Waals surface area (Å²) in [4.78, 5) is 10.5. The average molecular weight is 288 g/mol. The number of hydrazine groups is 1. The lowest BCUT2D eigenvalue weighted by atomic mass is 10.1. The second-order valence-electron chi connectivity index (χ2n) is 4.11. The predicted molar refractivity (Wildman–Crippen MR) is 70.2 cm³/mol. The molecule has 0 aliphatic carbocycles. The van der Waals surface area contributed by atoms with Crippen LogP contribution in [0.25, 0.3) is 0 Å². The van der Waals surface area contributed by atoms with Gasteiger partial charge in [0.15, 0.2) is 0 Å². The van der Waals surface area contributed by atoms with E-state index in [1.165, 1.54) is 0 Å². The number of hydrogen-bond donors (Lipinski definition) is 2. The third-order valence-electron chi connectivity index (χ3n) is 2.76. The van der Waals surface area contributed by atoms with E-state index >= 15 is 0 Å². The lowest BCUT2D eigenvalue weighted by Gasteiger charge is -2.29. The summed E-state index contributed by atoms with van der Waals surface area (Å²) in [7, 11) is 2.01. The van der Waals surface area contributed by atoms with Crippen LogP contribution in [-0.2, 0) is 0 Å². The van der Waals surface area contributed by atoms with Crippen LogP contribution in [0.2, 0.25) is 0 Å². The van der Waals surface area contributed by atoms with Crippen molar-refractivity contribution in [1.82, 2.24) is 9.97 Å². The molecule has 0 fully saturated rings. The number of nitrogens with zero attached hydrogens (tertiary/aromatic N) is 3. The molecule has 16 heavy (non-hydrogen) atoms. The van der Waals surface area contributed by atoms with Gasteiger partial charge in [0.2, 0.25) is 5.95 Å². The van der Waals surface area contributed by atoms with Crippen molar-refractivity contribution in [3.05, 3.63) is 10.7 Å². The molecule has 0 spiro atoms. The largest absolute Gasteiger partial charge is 0.356 e. The molecule has 0 amide bonds. The summed E-state index contributed by atoms with van der Waals surface area (Å²) in [5.74, 6) is 7.09. The van der Waals surface area contributed by atoms with Crippen LogP contribution in [-0.4, -0.2) is 23.1 Å². The number of anilines is 2. The molecular formula is C10H18BrN5. The molecule has 6 heteroatoms. The second kappa shape index (κ2) is 5.45. The molecule has 0 aliphatic heterocycles. The van der Waals surface area contributed by atoms with E-state index < -0.39 is 0 Å². The molecule has 0 saturated heterocycles. The molecule has 1 aromatic heterocycles. The molecule has 1 aromatic rings. The first-order chi connectivity index (χ1) is 7.47. The van der Waals surface area contributed by atoms with E-state index in [4.69, 9.17) is 5.84 Å². The van der Waals surface area contributed by atoms with Crippen molar-refractivity contribution < 1.29 is 0 Å². The predicted octanol–water partition coefficient (Wildman–Crippen LogP) is 2.01. The average Bonchev–Trinajstić information content (AvgIpc) is 2.27. The Bertz CT molecular complexity index is 355. The van der Waals surface area contributed by atoms with Crippen LogP contribution in [0.15, 0.2) is 10.7 Å². The first kappa shape index (κ1) is 13.2. The molecular weight excluding hydrogens is 270 g/mol. The van der Waals surface area contributed by atoms with E-state index in [9.17, 15) is 0 Å². The quantitative estimate of drug-likeness (QED) is 0.655. The topological polar surface area (TPSA) is 67.1 Å². The zero-order valence-electron chi connectivity index (χ0n) is 10.0. The fourth-order valence-electron chi connectivity index (χ4n) is 1.32. The van der Waals surface area contributed by atoms with Gasteiger partial charge in [-0.2, -0.15) is 4.98 Å². The van der Waals surface area contributed by atoms with E-state index in [0.29, 0.717) is 17.9 Å². The Labute approximate surface area is 105 Å². The highest BCUT2D eigenvalue weighted by atomic mass is 79.9. The van der Waals surface area contributed by atoms with Crippen LogP contribution >= 0.6 is 15.9 Å². The summed E-state index contributed by atoms with van der Waals surface area (Å²) in [5, 5.41) is 0.